The molecule has 0 amide bonds. The zero-order chi connectivity index (χ0) is 51.4. The molecule has 396 valence electrons. The molecule has 4 aromatic rings. The molecule has 0 aliphatic carbocycles. The number of rotatable bonds is 15. The van der Waals surface area contributed by atoms with Gasteiger partial charge in [-0.15, -0.1) is 0 Å². The van der Waals surface area contributed by atoms with Gasteiger partial charge in [0.15, 0.2) is 10.3 Å². The summed E-state index contributed by atoms with van der Waals surface area (Å²) >= 11 is 3.18. The Balaban J connectivity index is 0.000000304. The fraction of sp³-hybridized carbons (Fsp3) is 0.526. The van der Waals surface area contributed by atoms with Gasteiger partial charge in [0.1, 0.15) is 46.8 Å². The van der Waals surface area contributed by atoms with Crippen LogP contribution in [0, 0.1) is 11.8 Å². The normalized spacial score (nSPS) is 25.9. The molecule has 16 heteroatoms. The molecule has 4 aromatic carbocycles. The molecule has 5 heterocycles. The van der Waals surface area contributed by atoms with Gasteiger partial charge >= 0.3 is 23.1 Å². The second-order valence-corrected chi connectivity index (χ2v) is 21.1. The number of amidine groups is 2. The van der Waals surface area contributed by atoms with E-state index in [2.05, 4.69) is 38.1 Å². The van der Waals surface area contributed by atoms with Gasteiger partial charge in [0.2, 0.25) is 0 Å². The number of nitrogens with zero attached hydrogens (tertiary/aromatic N) is 4. The summed E-state index contributed by atoms with van der Waals surface area (Å²) in [5.74, 6) is 1.75. The summed E-state index contributed by atoms with van der Waals surface area (Å²) in [5, 5.41) is 13.0. The van der Waals surface area contributed by atoms with Crippen molar-refractivity contribution in [3.63, 3.8) is 0 Å². The van der Waals surface area contributed by atoms with E-state index in [1.807, 2.05) is 130 Å². The Morgan fingerprint density at radius 1 is 0.671 bits per heavy atom. The van der Waals surface area contributed by atoms with E-state index < -0.39 is 12.2 Å². The fourth-order valence-electron chi connectivity index (χ4n) is 8.95. The first-order chi connectivity index (χ1) is 34.9. The Morgan fingerprint density at radius 2 is 1.12 bits per heavy atom. The molecule has 1 unspecified atom stereocenters. The van der Waals surface area contributed by atoms with E-state index in [9.17, 15) is 9.90 Å². The average molecular weight is 1050 g/mol. The number of carbonyl (C=O) groups excluding carboxylic acids is 1. The van der Waals surface area contributed by atoms with E-state index in [0.29, 0.717) is 19.6 Å². The number of fused-ring (bicyclic) bond motifs is 2. The molecule has 0 bridgehead atoms. The Morgan fingerprint density at radius 3 is 1.53 bits per heavy atom. The van der Waals surface area contributed by atoms with Crippen molar-refractivity contribution < 1.29 is 45.9 Å². The molecule has 9 rings (SSSR count). The largest absolute Gasteiger partial charge is 2.00 e. The average Bonchev–Trinajstić information content (AvgIpc) is 4.22. The number of thioether (sulfide) groups is 2. The SMILES string of the molecule is C1CCOC1.CCCc1ccc(OC)cc1.COc1ccc(CCC(O)[C@H]2O[C@@H]3SC(N(C)C)=N[C@@H]3[C@@H](OCc3ccccc3)[C@@H]2C)cc1.C[C@H]1[C@H](OCc2ccccc2)[C@H]2N=C(N(C)C)S[C@H]2O[C@@H]1C=O.[H-].[H-].[Mg+2]. The third-order valence-electron chi connectivity index (χ3n) is 13.1. The van der Waals surface area contributed by atoms with Crippen molar-refractivity contribution in [3.8, 4) is 11.5 Å². The number of aryl methyl sites for hydroxylation is 2. The van der Waals surface area contributed by atoms with Gasteiger partial charge in [-0.05, 0) is 78.6 Å². The van der Waals surface area contributed by atoms with E-state index in [4.69, 9.17) is 43.1 Å². The minimum atomic E-state index is -0.588. The van der Waals surface area contributed by atoms with Crippen LogP contribution in [-0.2, 0) is 54.5 Å². The Hall–Kier alpha value is -3.68. The van der Waals surface area contributed by atoms with Crippen molar-refractivity contribution in [1.82, 2.24) is 9.80 Å². The molecule has 3 fully saturated rings. The van der Waals surface area contributed by atoms with Gasteiger partial charge in [0.05, 0.1) is 51.8 Å². The smallest absolute Gasteiger partial charge is 1.00 e. The number of hydrogen-bond acceptors (Lipinski definition) is 15. The van der Waals surface area contributed by atoms with Crippen LogP contribution < -0.4 is 9.47 Å². The van der Waals surface area contributed by atoms with Gasteiger partial charge in [-0.25, -0.2) is 0 Å². The predicted molar refractivity (Wildman–Crippen MR) is 299 cm³/mol. The summed E-state index contributed by atoms with van der Waals surface area (Å²) < 4.78 is 40.2. The molecule has 0 saturated carbocycles. The summed E-state index contributed by atoms with van der Waals surface area (Å²) in [4.78, 5) is 25.0. The second kappa shape index (κ2) is 31.4. The summed E-state index contributed by atoms with van der Waals surface area (Å²) in [6.45, 7) is 9.33. The van der Waals surface area contributed by atoms with Gasteiger partial charge < -0.3 is 55.7 Å². The number of ether oxygens (including phenoxy) is 7. The van der Waals surface area contributed by atoms with Crippen molar-refractivity contribution >= 4 is 63.2 Å². The van der Waals surface area contributed by atoms with Crippen molar-refractivity contribution in [1.29, 1.82) is 0 Å². The number of hydrogen-bond donors (Lipinski definition) is 1. The summed E-state index contributed by atoms with van der Waals surface area (Å²) in [6, 6.07) is 36.3. The van der Waals surface area contributed by atoms with Gasteiger partial charge in [-0.2, -0.15) is 0 Å². The van der Waals surface area contributed by atoms with Gasteiger partial charge in [-0.3, -0.25) is 9.98 Å². The quantitative estimate of drug-likeness (QED) is 0.0897. The predicted octanol–water partition coefficient (Wildman–Crippen LogP) is 9.42. The van der Waals surface area contributed by atoms with Crippen LogP contribution in [0.2, 0.25) is 0 Å². The van der Waals surface area contributed by atoms with Crippen LogP contribution in [0.1, 0.15) is 71.6 Å². The van der Waals surface area contributed by atoms with E-state index in [1.165, 1.54) is 30.4 Å². The van der Waals surface area contributed by atoms with Gasteiger partial charge in [0, 0.05) is 53.2 Å². The topological polar surface area (TPSA) is 133 Å². The molecule has 5 aliphatic rings. The second-order valence-electron chi connectivity index (χ2n) is 19.0. The van der Waals surface area contributed by atoms with Crippen LogP contribution in [-0.4, -0.2) is 164 Å². The Labute approximate surface area is 462 Å². The Bertz CT molecular complexity index is 2250. The standard InChI is InChI=1S/C26H34N2O4S.C17H22N2O3S.C10H14O.C4H8O.Mg.2H/c1-17-23(21(29)15-12-18-10-13-20(30-4)14-11-18)32-25-22(27-26(33-25)28(2)3)24(17)31-16-19-8-6-5-7-9-19;1-11-13(9-20)22-16-14(18-17(23-16)19(2)3)15(11)21-10-12-7-5-4-6-8-12;1-3-4-9-5-7-10(11-2)8-6-9;1-2-4-5-3-1;;;/h5-11,13-14,17,21-25,29H,12,15-16H2,1-4H3;4-9,11,13-16H,10H2,1-3H3;5-8H,3-4H2,1-2H3;1-4H2;;;/q;;;;+2;2*-1/t17-,21?,22-,23+,24+,25-;11-,13-,14-,15+,16-;;;;;/m11...../s1. The molecule has 1 N–H and O–H groups in total. The minimum absolute atomic E-state index is 0. The number of aliphatic hydroxyl groups is 1. The third kappa shape index (κ3) is 18.0. The molecule has 0 spiro atoms. The van der Waals surface area contributed by atoms with Gasteiger partial charge in [-0.1, -0.05) is 136 Å². The Kier molecular flexibility index (Phi) is 25.9. The summed E-state index contributed by atoms with van der Waals surface area (Å²) in [7, 11) is 11.3. The van der Waals surface area contributed by atoms with Crippen molar-refractivity contribution in [2.24, 2.45) is 21.8 Å². The van der Waals surface area contributed by atoms with Crippen LogP contribution in [0.15, 0.2) is 119 Å². The van der Waals surface area contributed by atoms with Crippen LogP contribution in [0.5, 0.6) is 11.5 Å². The summed E-state index contributed by atoms with van der Waals surface area (Å²) in [5.41, 5.74) is 4.49. The number of aliphatic hydroxyl groups excluding tert-OH is 1. The van der Waals surface area contributed by atoms with Crippen molar-refractivity contribution in [2.75, 3.05) is 55.6 Å². The maximum absolute atomic E-state index is 11.4. The van der Waals surface area contributed by atoms with Crippen molar-refractivity contribution in [3.05, 3.63) is 131 Å². The molecule has 73 heavy (non-hydrogen) atoms. The van der Waals surface area contributed by atoms with E-state index in [0.717, 1.165) is 65.3 Å². The molecular weight excluding hydrogens is 973 g/mol. The number of benzene rings is 4. The monoisotopic (exact) mass is 1050 g/mol. The maximum atomic E-state index is 11.4. The zero-order valence-electron chi connectivity index (χ0n) is 46.4. The first-order valence-electron chi connectivity index (χ1n) is 25.3. The van der Waals surface area contributed by atoms with Crippen LogP contribution in [0.25, 0.3) is 0 Å². The van der Waals surface area contributed by atoms with E-state index >= 15 is 0 Å². The van der Waals surface area contributed by atoms with Crippen LogP contribution in [0.3, 0.4) is 0 Å². The first kappa shape index (κ1) is 60.2. The number of methoxy groups -OCH3 is 2. The molecule has 3 saturated heterocycles. The maximum Gasteiger partial charge on any atom is 2.00 e. The van der Waals surface area contributed by atoms with E-state index in [-0.39, 0.29) is 79.0 Å². The minimum Gasteiger partial charge on any atom is -1.00 e. The third-order valence-corrected chi connectivity index (χ3v) is 15.7. The molecule has 5 aliphatic heterocycles. The summed E-state index contributed by atoms with van der Waals surface area (Å²) in [6.07, 6.45) is 5.59. The first-order valence-corrected chi connectivity index (χ1v) is 27.1. The van der Waals surface area contributed by atoms with E-state index in [1.54, 1.807) is 37.7 Å². The molecule has 13 nitrogen and oxygen atoms in total. The zero-order valence-corrected chi connectivity index (χ0v) is 47.5. The molecule has 0 aromatic heterocycles. The fourth-order valence-corrected chi connectivity index (χ4v) is 11.2. The van der Waals surface area contributed by atoms with Crippen LogP contribution in [0.4, 0.5) is 0 Å². The van der Waals surface area contributed by atoms with Crippen molar-refractivity contribution in [2.45, 2.75) is 126 Å². The number of aldehydes is 1. The molecule has 11 atom stereocenters. The van der Waals surface area contributed by atoms with Gasteiger partial charge in [0.25, 0.3) is 0 Å². The number of aliphatic imine (C=N–C) groups is 2. The van der Waals surface area contributed by atoms with Crippen LogP contribution >= 0.6 is 23.5 Å². The molecule has 0 radical (unpaired) electrons. The molecular formula is C57H80MgN4O9S2. The number of carbonyl (C=O) groups is 1.